The molecule has 1 aliphatic heterocycles. The zero-order chi connectivity index (χ0) is 32.4. The van der Waals surface area contributed by atoms with Crippen LogP contribution in [0.25, 0.3) is 11.1 Å². The van der Waals surface area contributed by atoms with Gasteiger partial charge < -0.3 is 41.1 Å². The standard InChI is InChI=1S/C33H37N5O7/c1-32(2,42)18-44-23-5-7-27(37-17-23)26(14-34)30(40)38-22-10-33(11-22)12-24(13-33)45-28-9-19(4-6-25(28)29(35)39)20-8-21(16-36-15-20)31(41)43-3/h4-9,14-17,22,24,34,37,42H,10-13,18H2,1-3H3,(H2,35,39)(H,38,40)/b27-26+,34-14?. The average Bonchev–Trinajstić information content (AvgIpc) is 2.98. The third kappa shape index (κ3) is 7.23. The first kappa shape index (κ1) is 31.5. The number of nitrogens with zero attached hydrogens (tertiary/aromatic N) is 1. The van der Waals surface area contributed by atoms with Gasteiger partial charge in [0.25, 0.3) is 11.8 Å². The van der Waals surface area contributed by atoms with E-state index in [1.807, 2.05) is 0 Å². The number of carbonyl (C=O) groups is 3. The molecule has 2 amide bonds. The maximum absolute atomic E-state index is 13.0. The molecule has 12 nitrogen and oxygen atoms in total. The van der Waals surface area contributed by atoms with Crippen molar-refractivity contribution in [1.82, 2.24) is 15.6 Å². The number of rotatable bonds is 11. The van der Waals surface area contributed by atoms with Crippen LogP contribution in [0.3, 0.4) is 0 Å². The second kappa shape index (κ2) is 12.6. The highest BCUT2D eigenvalue weighted by Crippen LogP contribution is 2.57. The molecule has 0 saturated heterocycles. The van der Waals surface area contributed by atoms with Crippen molar-refractivity contribution < 1.29 is 33.7 Å². The third-order valence-corrected chi connectivity index (χ3v) is 8.10. The van der Waals surface area contributed by atoms with Crippen LogP contribution in [0.2, 0.25) is 0 Å². The smallest absolute Gasteiger partial charge is 0.339 e. The van der Waals surface area contributed by atoms with Crippen LogP contribution in [-0.4, -0.2) is 65.6 Å². The molecule has 3 aliphatic rings. The van der Waals surface area contributed by atoms with E-state index in [0.717, 1.165) is 31.9 Å². The number of nitrogens with two attached hydrogens (primary N) is 1. The zero-order valence-electron chi connectivity index (χ0n) is 25.4. The summed E-state index contributed by atoms with van der Waals surface area (Å²) in [5.41, 5.74) is 7.30. The molecular weight excluding hydrogens is 578 g/mol. The molecule has 2 heterocycles. The fourth-order valence-corrected chi connectivity index (χ4v) is 5.88. The molecule has 6 N–H and O–H groups in total. The van der Waals surface area contributed by atoms with Gasteiger partial charge in [0.2, 0.25) is 0 Å². The quantitative estimate of drug-likeness (QED) is 0.144. The van der Waals surface area contributed by atoms with Crippen LogP contribution >= 0.6 is 0 Å². The molecule has 2 aromatic rings. The van der Waals surface area contributed by atoms with Gasteiger partial charge in [0.15, 0.2) is 0 Å². The van der Waals surface area contributed by atoms with Gasteiger partial charge in [-0.15, -0.1) is 0 Å². The van der Waals surface area contributed by atoms with Crippen molar-refractivity contribution in [1.29, 1.82) is 5.41 Å². The number of ether oxygens (including phenoxy) is 3. The molecule has 45 heavy (non-hydrogen) atoms. The number of dihydropyridines is 1. The molecule has 5 rings (SSSR count). The number of primary amides is 1. The lowest BCUT2D eigenvalue weighted by Crippen LogP contribution is -2.59. The van der Waals surface area contributed by atoms with Gasteiger partial charge in [-0.25, -0.2) is 4.79 Å². The molecule has 1 spiro atoms. The molecule has 2 aliphatic carbocycles. The highest BCUT2D eigenvalue weighted by molar-refractivity contribution is 6.12. The molecule has 0 bridgehead atoms. The molecule has 0 atom stereocenters. The summed E-state index contributed by atoms with van der Waals surface area (Å²) in [5.74, 6) is -0.576. The lowest BCUT2D eigenvalue weighted by Gasteiger charge is -2.57. The topological polar surface area (TPSA) is 186 Å². The number of benzene rings is 1. The second-order valence-corrected chi connectivity index (χ2v) is 12.4. The van der Waals surface area contributed by atoms with E-state index in [4.69, 9.17) is 25.4 Å². The molecule has 2 saturated carbocycles. The van der Waals surface area contributed by atoms with E-state index >= 15 is 0 Å². The van der Waals surface area contributed by atoms with E-state index in [9.17, 15) is 19.5 Å². The summed E-state index contributed by atoms with van der Waals surface area (Å²) in [6.07, 6.45) is 12.0. The van der Waals surface area contributed by atoms with Crippen LogP contribution in [0, 0.1) is 10.8 Å². The number of hydrogen-bond donors (Lipinski definition) is 5. The van der Waals surface area contributed by atoms with Crippen molar-refractivity contribution in [3.05, 3.63) is 83.2 Å². The largest absolute Gasteiger partial charge is 0.490 e. The summed E-state index contributed by atoms with van der Waals surface area (Å²) in [4.78, 5) is 41.2. The number of aromatic nitrogens is 1. The Hall–Kier alpha value is -4.97. The number of carbonyl (C=O) groups excluding carboxylic acids is 3. The third-order valence-electron chi connectivity index (χ3n) is 8.10. The Morgan fingerprint density at radius 2 is 1.91 bits per heavy atom. The number of methoxy groups -OCH3 is 1. The normalized spacial score (nSPS) is 23.0. The van der Waals surface area contributed by atoms with Gasteiger partial charge >= 0.3 is 5.97 Å². The van der Waals surface area contributed by atoms with E-state index in [-0.39, 0.29) is 41.2 Å². The first-order valence-corrected chi connectivity index (χ1v) is 14.6. The van der Waals surface area contributed by atoms with Crippen LogP contribution in [0.4, 0.5) is 0 Å². The van der Waals surface area contributed by atoms with Crippen LogP contribution in [0.1, 0.15) is 60.2 Å². The average molecular weight is 616 g/mol. The summed E-state index contributed by atoms with van der Waals surface area (Å²) in [6, 6.07) is 6.69. The van der Waals surface area contributed by atoms with Crippen LogP contribution in [0.5, 0.6) is 5.75 Å². The van der Waals surface area contributed by atoms with Gasteiger partial charge in [0.1, 0.15) is 18.1 Å². The highest BCUT2D eigenvalue weighted by atomic mass is 16.5. The molecular formula is C33H37N5O7. The van der Waals surface area contributed by atoms with Crippen molar-refractivity contribution >= 4 is 24.0 Å². The molecule has 0 unspecified atom stereocenters. The zero-order valence-corrected chi connectivity index (χ0v) is 25.4. The first-order valence-electron chi connectivity index (χ1n) is 14.6. The van der Waals surface area contributed by atoms with Gasteiger partial charge in [-0.05, 0) is 80.9 Å². The van der Waals surface area contributed by atoms with Crippen LogP contribution in [-0.2, 0) is 14.3 Å². The van der Waals surface area contributed by atoms with E-state index in [1.54, 1.807) is 62.7 Å². The van der Waals surface area contributed by atoms with Crippen molar-refractivity contribution in [3.63, 3.8) is 0 Å². The Bertz CT molecular complexity index is 1610. The minimum Gasteiger partial charge on any atom is -0.490 e. The monoisotopic (exact) mass is 615 g/mol. The van der Waals surface area contributed by atoms with Gasteiger partial charge in [0, 0.05) is 36.4 Å². The van der Waals surface area contributed by atoms with Gasteiger partial charge in [-0.3, -0.25) is 14.6 Å². The van der Waals surface area contributed by atoms with Gasteiger partial charge in [-0.2, -0.15) is 0 Å². The van der Waals surface area contributed by atoms with E-state index in [0.29, 0.717) is 33.9 Å². The predicted octanol–water partition coefficient (Wildman–Crippen LogP) is 3.13. The van der Waals surface area contributed by atoms with E-state index in [2.05, 4.69) is 15.6 Å². The molecule has 236 valence electrons. The van der Waals surface area contributed by atoms with Crippen LogP contribution < -0.4 is 21.1 Å². The predicted molar refractivity (Wildman–Crippen MR) is 165 cm³/mol. The maximum Gasteiger partial charge on any atom is 0.339 e. The fourth-order valence-electron chi connectivity index (χ4n) is 5.88. The second-order valence-electron chi connectivity index (χ2n) is 12.4. The number of nitrogens with one attached hydrogen (secondary N) is 3. The van der Waals surface area contributed by atoms with Crippen molar-refractivity contribution in [3.8, 4) is 16.9 Å². The SMILES string of the molecule is COC(=O)c1cncc(-c2ccc(C(N)=O)c(OC3CC4(CC(NC(=O)/C(C=N)=C5\C=CC(OCC(C)(C)O)=CN5)C4)C3)c2)c1. The van der Waals surface area contributed by atoms with Crippen molar-refractivity contribution in [2.75, 3.05) is 13.7 Å². The summed E-state index contributed by atoms with van der Waals surface area (Å²) < 4.78 is 16.6. The lowest BCUT2D eigenvalue weighted by atomic mass is 9.53. The van der Waals surface area contributed by atoms with Gasteiger partial charge in [0.05, 0.1) is 41.2 Å². The Balaban J connectivity index is 1.16. The Labute approximate surface area is 260 Å². The minimum absolute atomic E-state index is 0.0260. The number of allylic oxidation sites excluding steroid dienone is 2. The number of esters is 1. The Morgan fingerprint density at radius 1 is 1.16 bits per heavy atom. The fraction of sp³-hybridized carbons (Fsp3) is 0.364. The summed E-state index contributed by atoms with van der Waals surface area (Å²) in [6.45, 7) is 3.40. The molecule has 2 fully saturated rings. The summed E-state index contributed by atoms with van der Waals surface area (Å²) in [5, 5.41) is 23.6. The van der Waals surface area contributed by atoms with Crippen molar-refractivity contribution in [2.45, 2.75) is 57.3 Å². The number of hydrogen-bond acceptors (Lipinski definition) is 10. The minimum atomic E-state index is -0.978. The van der Waals surface area contributed by atoms with E-state index < -0.39 is 17.5 Å². The first-order chi connectivity index (χ1) is 21.4. The van der Waals surface area contributed by atoms with Crippen LogP contribution in [0.15, 0.2) is 72.0 Å². The van der Waals surface area contributed by atoms with Gasteiger partial charge in [-0.1, -0.05) is 6.07 Å². The Kier molecular flexibility index (Phi) is 8.78. The molecule has 0 radical (unpaired) electrons. The van der Waals surface area contributed by atoms with Crippen molar-refractivity contribution in [2.24, 2.45) is 11.1 Å². The molecule has 1 aromatic carbocycles. The summed E-state index contributed by atoms with van der Waals surface area (Å²) in [7, 11) is 1.30. The van der Waals surface area contributed by atoms with E-state index in [1.165, 1.54) is 13.3 Å². The Morgan fingerprint density at radius 3 is 2.53 bits per heavy atom. The number of amides is 2. The lowest BCUT2D eigenvalue weighted by molar-refractivity contribution is -0.123. The number of aliphatic hydroxyl groups is 1. The molecule has 12 heteroatoms. The molecule has 1 aromatic heterocycles. The maximum atomic E-state index is 13.0. The summed E-state index contributed by atoms with van der Waals surface area (Å²) >= 11 is 0. The number of pyridine rings is 1. The highest BCUT2D eigenvalue weighted by Gasteiger charge is 2.54.